The van der Waals surface area contributed by atoms with E-state index in [1.807, 2.05) is 6.07 Å². The molecule has 1 aliphatic rings. The summed E-state index contributed by atoms with van der Waals surface area (Å²) in [5, 5.41) is 3.21. The van der Waals surface area contributed by atoms with E-state index < -0.39 is 0 Å². The lowest BCUT2D eigenvalue weighted by atomic mass is 9.94. The van der Waals surface area contributed by atoms with Gasteiger partial charge in [-0.05, 0) is 18.9 Å². The van der Waals surface area contributed by atoms with E-state index in [4.69, 9.17) is 5.73 Å². The fourth-order valence-electron chi connectivity index (χ4n) is 1.79. The number of hydrogen-bond acceptors (Lipinski definition) is 3. The largest absolute Gasteiger partial charge is 0.370 e. The molecule has 1 aromatic rings. The van der Waals surface area contributed by atoms with Crippen molar-refractivity contribution in [3.63, 3.8) is 0 Å². The van der Waals surface area contributed by atoms with Crippen molar-refractivity contribution in [3.05, 3.63) is 35.9 Å². The predicted octanol–water partition coefficient (Wildman–Crippen LogP) is 0.906. The molecule has 0 fully saturated rings. The van der Waals surface area contributed by atoms with E-state index in [2.05, 4.69) is 41.5 Å². The highest BCUT2D eigenvalue weighted by molar-refractivity contribution is 5.80. The molecular weight excluding hydrogens is 174 g/mol. The maximum absolute atomic E-state index is 5.60. The Labute approximate surface area is 84.0 Å². The average molecular weight is 189 g/mol. The number of rotatable bonds is 2. The van der Waals surface area contributed by atoms with Crippen LogP contribution >= 0.6 is 0 Å². The minimum absolute atomic E-state index is 0.00850. The van der Waals surface area contributed by atoms with Crippen LogP contribution in [0.4, 0.5) is 0 Å². The summed E-state index contributed by atoms with van der Waals surface area (Å²) >= 11 is 0. The molecule has 1 aromatic carbocycles. The van der Waals surface area contributed by atoms with E-state index in [-0.39, 0.29) is 5.54 Å². The second-order valence-corrected chi connectivity index (χ2v) is 4.05. The molecule has 2 rings (SSSR count). The van der Waals surface area contributed by atoms with Gasteiger partial charge in [-0.2, -0.15) is 0 Å². The maximum Gasteiger partial charge on any atom is 0.189 e. The van der Waals surface area contributed by atoms with Crippen molar-refractivity contribution >= 4 is 5.96 Å². The first-order valence-corrected chi connectivity index (χ1v) is 4.80. The molecule has 14 heavy (non-hydrogen) atoms. The Kier molecular flexibility index (Phi) is 2.15. The second kappa shape index (κ2) is 3.33. The molecule has 0 aliphatic carbocycles. The van der Waals surface area contributed by atoms with Gasteiger partial charge in [-0.15, -0.1) is 0 Å². The zero-order valence-corrected chi connectivity index (χ0v) is 8.33. The highest BCUT2D eigenvalue weighted by atomic mass is 15.2. The molecule has 1 heterocycles. The van der Waals surface area contributed by atoms with Gasteiger partial charge in [0.15, 0.2) is 5.96 Å². The molecule has 1 unspecified atom stereocenters. The molecule has 1 aliphatic heterocycles. The predicted molar refractivity (Wildman–Crippen MR) is 58.2 cm³/mol. The summed E-state index contributed by atoms with van der Waals surface area (Å²) < 4.78 is 0. The first-order valence-electron chi connectivity index (χ1n) is 4.80. The van der Waals surface area contributed by atoms with E-state index in [0.717, 1.165) is 13.0 Å². The first-order chi connectivity index (χ1) is 6.68. The van der Waals surface area contributed by atoms with Gasteiger partial charge < -0.3 is 11.1 Å². The molecule has 1 atom stereocenters. The average Bonchev–Trinajstić information content (AvgIpc) is 2.47. The third kappa shape index (κ3) is 1.87. The summed E-state index contributed by atoms with van der Waals surface area (Å²) in [6, 6.07) is 10.4. The van der Waals surface area contributed by atoms with Crippen LogP contribution in [-0.2, 0) is 6.42 Å². The highest BCUT2D eigenvalue weighted by Crippen LogP contribution is 2.16. The zero-order chi connectivity index (χ0) is 10.0. The third-order valence-electron chi connectivity index (χ3n) is 2.47. The molecule has 3 N–H and O–H groups in total. The van der Waals surface area contributed by atoms with Gasteiger partial charge in [0.05, 0.1) is 12.1 Å². The van der Waals surface area contributed by atoms with Gasteiger partial charge in [-0.1, -0.05) is 30.3 Å². The number of nitrogens with zero attached hydrogens (tertiary/aromatic N) is 1. The van der Waals surface area contributed by atoms with Crippen LogP contribution in [0.25, 0.3) is 0 Å². The van der Waals surface area contributed by atoms with Crippen LogP contribution in [0.1, 0.15) is 12.5 Å². The van der Waals surface area contributed by atoms with Gasteiger partial charge in [0.1, 0.15) is 0 Å². The summed E-state index contributed by atoms with van der Waals surface area (Å²) in [4.78, 5) is 4.17. The van der Waals surface area contributed by atoms with Crippen LogP contribution in [0, 0.1) is 0 Å². The minimum Gasteiger partial charge on any atom is -0.370 e. The molecule has 0 spiro atoms. The zero-order valence-electron chi connectivity index (χ0n) is 8.33. The van der Waals surface area contributed by atoms with E-state index in [1.54, 1.807) is 0 Å². The number of nitrogens with one attached hydrogen (secondary N) is 1. The molecule has 0 aromatic heterocycles. The summed E-state index contributed by atoms with van der Waals surface area (Å²) in [6.45, 7) is 2.90. The van der Waals surface area contributed by atoms with Crippen LogP contribution in [0.15, 0.2) is 35.3 Å². The van der Waals surface area contributed by atoms with E-state index in [9.17, 15) is 0 Å². The van der Waals surface area contributed by atoms with E-state index in [1.165, 1.54) is 5.56 Å². The lowest BCUT2D eigenvalue weighted by Gasteiger charge is -2.24. The fourth-order valence-corrected chi connectivity index (χ4v) is 1.79. The normalized spacial score (nSPS) is 25.6. The number of hydrogen-bond donors (Lipinski definition) is 2. The Hall–Kier alpha value is -1.51. The standard InChI is InChI=1S/C11H15N3/c1-11(8-13-10(12)14-11)7-9-5-3-2-4-6-9/h2-6H,7-8H2,1H3,(H3,12,13,14). The molecule has 0 bridgehead atoms. The molecule has 0 radical (unpaired) electrons. The van der Waals surface area contributed by atoms with Crippen LogP contribution in [0.3, 0.4) is 0 Å². The SMILES string of the molecule is CC1(Cc2ccccc2)CN=C(N)N1. The quantitative estimate of drug-likeness (QED) is 0.726. The van der Waals surface area contributed by atoms with Crippen molar-refractivity contribution in [2.24, 2.45) is 10.7 Å². The Morgan fingerprint density at radius 1 is 1.43 bits per heavy atom. The van der Waals surface area contributed by atoms with E-state index >= 15 is 0 Å². The third-order valence-corrected chi connectivity index (χ3v) is 2.47. The van der Waals surface area contributed by atoms with Crippen molar-refractivity contribution < 1.29 is 0 Å². The number of guanidine groups is 1. The fraction of sp³-hybridized carbons (Fsp3) is 0.364. The van der Waals surface area contributed by atoms with Gasteiger partial charge in [0.2, 0.25) is 0 Å². The maximum atomic E-state index is 5.60. The molecule has 3 nitrogen and oxygen atoms in total. The van der Waals surface area contributed by atoms with Crippen LogP contribution in [0.5, 0.6) is 0 Å². The molecule has 3 heteroatoms. The van der Waals surface area contributed by atoms with Crippen LogP contribution in [-0.4, -0.2) is 18.0 Å². The second-order valence-electron chi connectivity index (χ2n) is 4.05. The number of benzene rings is 1. The first kappa shape index (κ1) is 9.06. The van der Waals surface area contributed by atoms with Crippen molar-refractivity contribution in [1.29, 1.82) is 0 Å². The number of aliphatic imine (C=N–C) groups is 1. The van der Waals surface area contributed by atoms with Crippen LogP contribution < -0.4 is 11.1 Å². The molecular formula is C11H15N3. The Balaban J connectivity index is 2.06. The summed E-state index contributed by atoms with van der Waals surface area (Å²) in [7, 11) is 0. The number of nitrogens with two attached hydrogens (primary N) is 1. The van der Waals surface area contributed by atoms with Gasteiger partial charge in [-0.25, -0.2) is 0 Å². The van der Waals surface area contributed by atoms with Crippen molar-refractivity contribution in [2.45, 2.75) is 18.9 Å². The van der Waals surface area contributed by atoms with Crippen molar-refractivity contribution in [3.8, 4) is 0 Å². The van der Waals surface area contributed by atoms with Gasteiger partial charge in [0, 0.05) is 0 Å². The lowest BCUT2D eigenvalue weighted by molar-refractivity contribution is 0.453. The molecule has 0 saturated heterocycles. The monoisotopic (exact) mass is 189 g/mol. The minimum atomic E-state index is -0.00850. The van der Waals surface area contributed by atoms with Crippen molar-refractivity contribution in [1.82, 2.24) is 5.32 Å². The molecule has 0 amide bonds. The molecule has 74 valence electrons. The molecule has 0 saturated carbocycles. The van der Waals surface area contributed by atoms with Gasteiger partial charge >= 0.3 is 0 Å². The van der Waals surface area contributed by atoms with Crippen molar-refractivity contribution in [2.75, 3.05) is 6.54 Å². The van der Waals surface area contributed by atoms with Gasteiger partial charge in [-0.3, -0.25) is 4.99 Å². The topological polar surface area (TPSA) is 50.4 Å². The lowest BCUT2D eigenvalue weighted by Crippen LogP contribution is -2.47. The summed E-state index contributed by atoms with van der Waals surface area (Å²) in [5.74, 6) is 0.559. The van der Waals surface area contributed by atoms with E-state index in [0.29, 0.717) is 5.96 Å². The van der Waals surface area contributed by atoms with Crippen LogP contribution in [0.2, 0.25) is 0 Å². The summed E-state index contributed by atoms with van der Waals surface area (Å²) in [5.41, 5.74) is 6.91. The Bertz CT molecular complexity index is 345. The smallest absolute Gasteiger partial charge is 0.189 e. The Morgan fingerprint density at radius 2 is 2.14 bits per heavy atom. The highest BCUT2D eigenvalue weighted by Gasteiger charge is 2.29. The summed E-state index contributed by atoms with van der Waals surface area (Å²) in [6.07, 6.45) is 0.956. The van der Waals surface area contributed by atoms with Gasteiger partial charge in [0.25, 0.3) is 0 Å². The Morgan fingerprint density at radius 3 is 2.71 bits per heavy atom.